The highest BCUT2D eigenvalue weighted by atomic mass is 31.2. The first-order valence-electron chi connectivity index (χ1n) is 23.9. The Morgan fingerprint density at radius 1 is 0.409 bits per heavy atom. The summed E-state index contributed by atoms with van der Waals surface area (Å²) < 4.78 is 77.8. The number of hydrogen-bond donors (Lipinski definition) is 2. The van der Waals surface area contributed by atoms with Gasteiger partial charge in [0.25, 0.3) is 0 Å². The molecule has 14 heteroatoms. The second-order valence-electron chi connectivity index (χ2n) is 17.2. The molecule has 5 rings (SSSR count). The highest BCUT2D eigenvalue weighted by molar-refractivity contribution is 7.55. The van der Waals surface area contributed by atoms with Gasteiger partial charge in [0, 0.05) is 38.8 Å². The van der Waals surface area contributed by atoms with Gasteiger partial charge in [0.15, 0.2) is 0 Å². The molecule has 0 unspecified atom stereocenters. The van der Waals surface area contributed by atoms with Crippen LogP contribution < -0.4 is 29.6 Å². The van der Waals surface area contributed by atoms with E-state index in [1.807, 2.05) is 83.1 Å². The van der Waals surface area contributed by atoms with Crippen LogP contribution in [0.2, 0.25) is 0 Å². The highest BCUT2D eigenvalue weighted by Gasteiger charge is 2.44. The third kappa shape index (κ3) is 12.5. The van der Waals surface area contributed by atoms with E-state index in [-0.39, 0.29) is 26.4 Å². The Labute approximate surface area is 395 Å². The normalized spacial score (nSPS) is 13.4. The summed E-state index contributed by atoms with van der Waals surface area (Å²) in [5.41, 5.74) is 10.1. The lowest BCUT2D eigenvalue weighted by Crippen LogP contribution is -2.40. The van der Waals surface area contributed by atoms with E-state index in [0.717, 1.165) is 78.6 Å². The van der Waals surface area contributed by atoms with Crippen LogP contribution in [0, 0.1) is 0 Å². The summed E-state index contributed by atoms with van der Waals surface area (Å²) in [5.74, 6) is 3.29. The molecule has 0 aromatic heterocycles. The smallest absolute Gasteiger partial charge is 0.349 e. The number of hydrogen-bond acceptors (Lipinski definition) is 12. The van der Waals surface area contributed by atoms with E-state index in [0.29, 0.717) is 65.2 Å². The van der Waals surface area contributed by atoms with Crippen LogP contribution in [0.5, 0.6) is 23.0 Å². The van der Waals surface area contributed by atoms with Crippen LogP contribution in [0.4, 0.5) is 0 Å². The van der Waals surface area contributed by atoms with Gasteiger partial charge in [-0.2, -0.15) is 0 Å². The summed E-state index contributed by atoms with van der Waals surface area (Å²) in [6, 6.07) is 21.4. The zero-order chi connectivity index (χ0) is 48.1. The quantitative estimate of drug-likeness (QED) is 0.0571. The SMILES string of the molecule is CCOc1c2cccc1Cc1cc(CNC(C)(C)P(=O)(OCC)OCC)cc(c1OCC)Cc1cccc(c1OCC)Cc1cc(CNC(C)(C)P(=O)(OCC)OCC)cc(c1OCC)C2. The molecule has 0 atom stereocenters. The average molecular weight is 951 g/mol. The molecule has 1 aliphatic rings. The zero-order valence-corrected chi connectivity index (χ0v) is 43.4. The van der Waals surface area contributed by atoms with Crippen LogP contribution in [0.1, 0.15) is 139 Å². The first kappa shape index (κ1) is 53.3. The predicted molar refractivity (Wildman–Crippen MR) is 265 cm³/mol. The van der Waals surface area contributed by atoms with E-state index in [1.54, 1.807) is 0 Å². The minimum atomic E-state index is -3.52. The average Bonchev–Trinajstić information content (AvgIpc) is 3.26. The fourth-order valence-electron chi connectivity index (χ4n) is 8.59. The third-order valence-corrected chi connectivity index (χ3v) is 17.1. The van der Waals surface area contributed by atoms with Gasteiger partial charge in [0.05, 0.1) is 52.9 Å². The summed E-state index contributed by atoms with van der Waals surface area (Å²) in [7, 11) is -7.03. The molecule has 4 aromatic carbocycles. The van der Waals surface area contributed by atoms with Gasteiger partial charge >= 0.3 is 15.2 Å². The Hall–Kier alpha value is -3.70. The lowest BCUT2D eigenvalue weighted by atomic mass is 9.89. The molecule has 364 valence electrons. The molecule has 0 radical (unpaired) electrons. The predicted octanol–water partition coefficient (Wildman–Crippen LogP) is 12.1. The van der Waals surface area contributed by atoms with Gasteiger partial charge in [0.1, 0.15) is 33.6 Å². The van der Waals surface area contributed by atoms with E-state index < -0.39 is 25.8 Å². The third-order valence-electron chi connectivity index (χ3n) is 11.7. The number of fused-ring (bicyclic) bond motifs is 8. The van der Waals surface area contributed by atoms with E-state index in [1.165, 1.54) is 0 Å². The van der Waals surface area contributed by atoms with Crippen LogP contribution in [0.25, 0.3) is 0 Å². The minimum absolute atomic E-state index is 0.269. The summed E-state index contributed by atoms with van der Waals surface area (Å²) >= 11 is 0. The van der Waals surface area contributed by atoms with Crippen molar-refractivity contribution in [1.29, 1.82) is 0 Å². The van der Waals surface area contributed by atoms with Crippen molar-refractivity contribution in [2.75, 3.05) is 52.9 Å². The van der Waals surface area contributed by atoms with Crippen LogP contribution >= 0.6 is 15.2 Å². The van der Waals surface area contributed by atoms with Gasteiger partial charge in [-0.05, 0) is 139 Å². The first-order chi connectivity index (χ1) is 31.6. The van der Waals surface area contributed by atoms with Gasteiger partial charge in [-0.3, -0.25) is 19.8 Å². The molecule has 12 nitrogen and oxygen atoms in total. The standard InChI is InChI=1S/C52H76N2O10P2/c1-13-57-47-39-23-21-24-40(47)32-44-28-38(36-54-52(11,12)66(56,63-19-7)64-20-8)30-46(50(44)60-16-4)34-42-26-22-25-41(48(42)58-14-2)33-45-29-37(27-43(31-39)49(45)59-15-3)35-53-51(9,10)65(55,61-17-5)62-18-6/h21-30,53-54H,13-20,31-36H2,1-12H3. The fraction of sp³-hybridized carbons (Fsp3) is 0.538. The van der Waals surface area contributed by atoms with Crippen LogP contribution in [-0.4, -0.2) is 63.4 Å². The minimum Gasteiger partial charge on any atom is -0.493 e. The highest BCUT2D eigenvalue weighted by Crippen LogP contribution is 2.59. The van der Waals surface area contributed by atoms with Crippen molar-refractivity contribution in [3.05, 3.63) is 116 Å². The Kier molecular flexibility index (Phi) is 19.4. The van der Waals surface area contributed by atoms with Gasteiger partial charge in [0.2, 0.25) is 0 Å². The van der Waals surface area contributed by atoms with Crippen molar-refractivity contribution in [1.82, 2.24) is 10.6 Å². The Morgan fingerprint density at radius 2 is 0.652 bits per heavy atom. The van der Waals surface area contributed by atoms with Crippen LogP contribution in [-0.2, 0) is 66.0 Å². The zero-order valence-electron chi connectivity index (χ0n) is 41.6. The van der Waals surface area contributed by atoms with E-state index in [4.69, 9.17) is 37.0 Å². The first-order valence-corrected chi connectivity index (χ1v) is 27.0. The van der Waals surface area contributed by atoms with Gasteiger partial charge in [-0.15, -0.1) is 0 Å². The Balaban J connectivity index is 1.74. The Bertz CT molecular complexity index is 2060. The lowest BCUT2D eigenvalue weighted by molar-refractivity contribution is 0.192. The largest absolute Gasteiger partial charge is 0.493 e. The van der Waals surface area contributed by atoms with Gasteiger partial charge < -0.3 is 37.0 Å². The molecule has 0 fully saturated rings. The van der Waals surface area contributed by atoms with Gasteiger partial charge in [-0.1, -0.05) is 60.7 Å². The van der Waals surface area contributed by atoms with Crippen molar-refractivity contribution in [3.63, 3.8) is 0 Å². The second kappa shape index (κ2) is 24.0. The molecule has 0 amide bonds. The lowest BCUT2D eigenvalue weighted by Gasteiger charge is -2.34. The van der Waals surface area contributed by atoms with Crippen molar-refractivity contribution < 1.29 is 46.2 Å². The molecular weight excluding hydrogens is 875 g/mol. The summed E-state index contributed by atoms with van der Waals surface area (Å²) in [6.07, 6.45) is 2.11. The van der Waals surface area contributed by atoms with Crippen molar-refractivity contribution in [2.24, 2.45) is 0 Å². The van der Waals surface area contributed by atoms with Crippen molar-refractivity contribution in [3.8, 4) is 23.0 Å². The topological polar surface area (TPSA) is 132 Å². The molecule has 0 spiro atoms. The van der Waals surface area contributed by atoms with Crippen LogP contribution in [0.15, 0.2) is 60.7 Å². The number of ether oxygens (including phenoxy) is 4. The summed E-state index contributed by atoms with van der Waals surface area (Å²) in [6.45, 7) is 26.6. The molecule has 8 bridgehead atoms. The molecule has 0 saturated heterocycles. The monoisotopic (exact) mass is 950 g/mol. The molecular formula is C52H76N2O10P2. The van der Waals surface area contributed by atoms with Gasteiger partial charge in [-0.25, -0.2) is 0 Å². The number of para-hydroxylation sites is 2. The molecule has 0 saturated carbocycles. The van der Waals surface area contributed by atoms with Crippen molar-refractivity contribution in [2.45, 2.75) is 132 Å². The van der Waals surface area contributed by atoms with E-state index in [2.05, 4.69) is 71.3 Å². The van der Waals surface area contributed by atoms with E-state index in [9.17, 15) is 9.13 Å². The summed E-state index contributed by atoms with van der Waals surface area (Å²) in [4.78, 5) is 0. The van der Waals surface area contributed by atoms with E-state index >= 15 is 0 Å². The van der Waals surface area contributed by atoms with Crippen molar-refractivity contribution >= 4 is 15.2 Å². The second-order valence-corrected chi connectivity index (χ2v) is 22.5. The Morgan fingerprint density at radius 3 is 0.879 bits per heavy atom. The van der Waals surface area contributed by atoms with Crippen LogP contribution in [0.3, 0.4) is 0 Å². The maximum absolute atomic E-state index is 14.1. The maximum atomic E-state index is 14.1. The molecule has 2 N–H and O–H groups in total. The summed E-state index contributed by atoms with van der Waals surface area (Å²) in [5, 5.41) is 5.14. The number of rotatable bonds is 24. The molecule has 4 aromatic rings. The number of nitrogens with one attached hydrogen (secondary N) is 2. The molecule has 0 heterocycles. The molecule has 1 aliphatic carbocycles. The number of benzene rings is 4. The molecule has 0 aliphatic heterocycles. The maximum Gasteiger partial charge on any atom is 0.349 e. The fourth-order valence-corrected chi connectivity index (χ4v) is 11.9. The molecule has 66 heavy (non-hydrogen) atoms.